The SMILES string of the molecule is Cc1ccccc1-c1cc(N2CCOCC2)nc2ccc(NCC3(C)C=C(C(F)(F)F)C=C(C(F)(F)F)C3)cc12. The Labute approximate surface area is 228 Å². The summed E-state index contributed by atoms with van der Waals surface area (Å²) in [6.45, 7) is 5.94. The van der Waals surface area contributed by atoms with Crippen LogP contribution in [-0.4, -0.2) is 50.2 Å². The first-order chi connectivity index (χ1) is 18.8. The van der Waals surface area contributed by atoms with Crippen molar-refractivity contribution in [3.63, 3.8) is 0 Å². The van der Waals surface area contributed by atoms with Gasteiger partial charge in [0.1, 0.15) is 5.82 Å². The second-order valence-corrected chi connectivity index (χ2v) is 10.6. The smallest absolute Gasteiger partial charge is 0.384 e. The molecule has 2 aromatic carbocycles. The first-order valence-corrected chi connectivity index (χ1v) is 13.0. The maximum atomic E-state index is 13.5. The van der Waals surface area contributed by atoms with Crippen molar-refractivity contribution in [1.29, 1.82) is 0 Å². The van der Waals surface area contributed by atoms with Crippen molar-refractivity contribution >= 4 is 22.4 Å². The molecule has 40 heavy (non-hydrogen) atoms. The van der Waals surface area contributed by atoms with Gasteiger partial charge in [-0.3, -0.25) is 0 Å². The number of anilines is 2. The predicted molar refractivity (Wildman–Crippen MR) is 144 cm³/mol. The summed E-state index contributed by atoms with van der Waals surface area (Å²) in [7, 11) is 0. The number of benzene rings is 2. The highest BCUT2D eigenvalue weighted by Gasteiger charge is 2.45. The summed E-state index contributed by atoms with van der Waals surface area (Å²) in [6.07, 6.45) is -9.18. The van der Waals surface area contributed by atoms with Crippen LogP contribution in [0.3, 0.4) is 0 Å². The van der Waals surface area contributed by atoms with E-state index in [4.69, 9.17) is 9.72 Å². The largest absolute Gasteiger partial charge is 0.416 e. The molecule has 1 aromatic heterocycles. The maximum absolute atomic E-state index is 13.5. The molecule has 1 atom stereocenters. The fraction of sp³-hybridized carbons (Fsp3) is 0.367. The van der Waals surface area contributed by atoms with Gasteiger partial charge in [0.05, 0.1) is 24.3 Å². The molecule has 1 N–H and O–H groups in total. The van der Waals surface area contributed by atoms with Crippen LogP contribution in [0.2, 0.25) is 0 Å². The summed E-state index contributed by atoms with van der Waals surface area (Å²) < 4.78 is 86.4. The van der Waals surface area contributed by atoms with Crippen LogP contribution in [0.15, 0.2) is 71.8 Å². The molecule has 0 saturated carbocycles. The van der Waals surface area contributed by atoms with Crippen LogP contribution in [0.25, 0.3) is 22.0 Å². The number of morpholine rings is 1. The number of aryl methyl sites for hydroxylation is 1. The number of hydrogen-bond acceptors (Lipinski definition) is 4. The number of hydrogen-bond donors (Lipinski definition) is 1. The van der Waals surface area contributed by atoms with Crippen LogP contribution >= 0.6 is 0 Å². The number of fused-ring (bicyclic) bond motifs is 1. The summed E-state index contributed by atoms with van der Waals surface area (Å²) in [5.74, 6) is 0.820. The Morgan fingerprint density at radius 3 is 2.35 bits per heavy atom. The molecule has 2 aliphatic rings. The molecular weight excluding hydrogens is 532 g/mol. The maximum Gasteiger partial charge on any atom is 0.416 e. The lowest BCUT2D eigenvalue weighted by Gasteiger charge is -2.33. The van der Waals surface area contributed by atoms with Gasteiger partial charge in [0, 0.05) is 41.7 Å². The summed E-state index contributed by atoms with van der Waals surface area (Å²) in [4.78, 5) is 7.03. The molecule has 1 fully saturated rings. The number of halogens is 6. The third kappa shape index (κ3) is 5.96. The van der Waals surface area contributed by atoms with Gasteiger partial charge < -0.3 is 15.0 Å². The van der Waals surface area contributed by atoms with E-state index in [-0.39, 0.29) is 12.6 Å². The second kappa shape index (κ2) is 10.5. The van der Waals surface area contributed by atoms with Gasteiger partial charge in [-0.05, 0) is 60.4 Å². The van der Waals surface area contributed by atoms with Gasteiger partial charge in [0.15, 0.2) is 0 Å². The number of rotatable bonds is 5. The van der Waals surface area contributed by atoms with Gasteiger partial charge in [-0.25, -0.2) is 4.98 Å². The lowest BCUT2D eigenvalue weighted by atomic mass is 9.77. The van der Waals surface area contributed by atoms with E-state index in [0.717, 1.165) is 39.5 Å². The minimum Gasteiger partial charge on any atom is -0.384 e. The number of allylic oxidation sites excluding steroid dienone is 3. The van der Waals surface area contributed by atoms with Crippen molar-refractivity contribution < 1.29 is 31.1 Å². The van der Waals surface area contributed by atoms with Crippen molar-refractivity contribution in [3.8, 4) is 11.1 Å². The number of nitrogens with zero attached hydrogens (tertiary/aromatic N) is 2. The molecule has 2 heterocycles. The molecule has 0 amide bonds. The second-order valence-electron chi connectivity index (χ2n) is 10.6. The van der Waals surface area contributed by atoms with E-state index in [1.54, 1.807) is 6.07 Å². The highest BCUT2D eigenvalue weighted by molar-refractivity contribution is 5.98. The number of alkyl halides is 6. The number of pyridine rings is 1. The normalized spacial score (nSPS) is 20.4. The summed E-state index contributed by atoms with van der Waals surface area (Å²) in [5.41, 5.74) is 0.455. The van der Waals surface area contributed by atoms with Crippen LogP contribution < -0.4 is 10.2 Å². The monoisotopic (exact) mass is 561 g/mol. The number of nitrogens with one attached hydrogen (secondary N) is 1. The minimum absolute atomic E-state index is 0.121. The van der Waals surface area contributed by atoms with Crippen LogP contribution in [0, 0.1) is 12.3 Å². The standard InChI is InChI=1S/C30H29F6N3O/c1-19-5-3-4-6-23(19)24-15-27(39-9-11-40-12-10-39)38-26-8-7-22(14-25(24)26)37-18-28(2)16-20(29(31,32)33)13-21(17-28)30(34,35)36/h3-8,13-16,37H,9-12,17-18H2,1-2H3. The van der Waals surface area contributed by atoms with Crippen LogP contribution in [-0.2, 0) is 4.74 Å². The van der Waals surface area contributed by atoms with E-state index < -0.39 is 35.3 Å². The topological polar surface area (TPSA) is 37.4 Å². The third-order valence-corrected chi connectivity index (χ3v) is 7.38. The third-order valence-electron chi connectivity index (χ3n) is 7.38. The van der Waals surface area contributed by atoms with Gasteiger partial charge in [0.2, 0.25) is 0 Å². The van der Waals surface area contributed by atoms with Crippen LogP contribution in [0.1, 0.15) is 18.9 Å². The molecule has 1 unspecified atom stereocenters. The van der Waals surface area contributed by atoms with Gasteiger partial charge in [-0.15, -0.1) is 0 Å². The highest BCUT2D eigenvalue weighted by atomic mass is 19.4. The molecule has 1 aliphatic carbocycles. The molecule has 4 nitrogen and oxygen atoms in total. The molecule has 212 valence electrons. The molecular formula is C30H29F6N3O. The zero-order valence-electron chi connectivity index (χ0n) is 22.1. The quantitative estimate of drug-likeness (QED) is 0.322. The molecule has 1 aliphatic heterocycles. The van der Waals surface area contributed by atoms with E-state index in [2.05, 4.69) is 10.2 Å². The van der Waals surface area contributed by atoms with E-state index in [9.17, 15) is 26.3 Å². The Morgan fingerprint density at radius 1 is 0.950 bits per heavy atom. The Hall–Kier alpha value is -3.53. The fourth-order valence-corrected chi connectivity index (χ4v) is 5.28. The first-order valence-electron chi connectivity index (χ1n) is 13.0. The number of ether oxygens (including phenoxy) is 1. The van der Waals surface area contributed by atoms with Crippen molar-refractivity contribution in [2.24, 2.45) is 5.41 Å². The van der Waals surface area contributed by atoms with Crippen molar-refractivity contribution in [3.05, 3.63) is 77.4 Å². The van der Waals surface area contributed by atoms with Gasteiger partial charge in [0.25, 0.3) is 0 Å². The first kappa shape index (κ1) is 28.0. The summed E-state index contributed by atoms with van der Waals surface area (Å²) in [5, 5.41) is 3.93. The zero-order valence-corrected chi connectivity index (χ0v) is 22.1. The highest BCUT2D eigenvalue weighted by Crippen LogP contribution is 2.45. The van der Waals surface area contributed by atoms with E-state index in [0.29, 0.717) is 32.0 Å². The Bertz CT molecular complexity index is 1470. The number of aromatic nitrogens is 1. The minimum atomic E-state index is -4.88. The zero-order chi connectivity index (χ0) is 28.7. The average Bonchev–Trinajstić information content (AvgIpc) is 2.91. The molecule has 0 radical (unpaired) electrons. The molecule has 0 bridgehead atoms. The summed E-state index contributed by atoms with van der Waals surface area (Å²) in [6, 6.07) is 15.4. The summed E-state index contributed by atoms with van der Waals surface area (Å²) >= 11 is 0. The van der Waals surface area contributed by atoms with E-state index in [1.165, 1.54) is 6.92 Å². The van der Waals surface area contributed by atoms with Gasteiger partial charge in [-0.2, -0.15) is 26.3 Å². The van der Waals surface area contributed by atoms with Crippen LogP contribution in [0.4, 0.5) is 37.8 Å². The van der Waals surface area contributed by atoms with Gasteiger partial charge >= 0.3 is 12.4 Å². The Kier molecular flexibility index (Phi) is 7.33. The lowest BCUT2D eigenvalue weighted by molar-refractivity contribution is -0.102. The van der Waals surface area contributed by atoms with Crippen molar-refractivity contribution in [2.75, 3.05) is 43.1 Å². The Balaban J connectivity index is 1.50. The molecule has 3 aromatic rings. The fourth-order valence-electron chi connectivity index (χ4n) is 5.28. The average molecular weight is 562 g/mol. The molecule has 10 heteroatoms. The predicted octanol–water partition coefficient (Wildman–Crippen LogP) is 7.85. The van der Waals surface area contributed by atoms with Crippen LogP contribution in [0.5, 0.6) is 0 Å². The molecule has 1 saturated heterocycles. The molecule has 5 rings (SSSR count). The van der Waals surface area contributed by atoms with Crippen molar-refractivity contribution in [2.45, 2.75) is 32.6 Å². The van der Waals surface area contributed by atoms with E-state index in [1.807, 2.05) is 49.4 Å². The van der Waals surface area contributed by atoms with E-state index >= 15 is 0 Å². The van der Waals surface area contributed by atoms with Gasteiger partial charge in [-0.1, -0.05) is 37.3 Å². The Morgan fingerprint density at radius 2 is 1.68 bits per heavy atom. The van der Waals surface area contributed by atoms with Crippen molar-refractivity contribution in [1.82, 2.24) is 4.98 Å². The molecule has 0 spiro atoms. The lowest BCUT2D eigenvalue weighted by Crippen LogP contribution is -2.36.